The molecule has 7 heteroatoms. The topological polar surface area (TPSA) is 75.0 Å². The Morgan fingerprint density at radius 3 is 3.00 bits per heavy atom. The van der Waals surface area contributed by atoms with Gasteiger partial charge in [-0.3, -0.25) is 19.4 Å². The standard InChI is InChI=1S/C24H25N3O4/c28-23-14-27(21-4-2-1-3-20(21)25-23)24(29)15-26-8-10-30-16-18(13-26)11-17-5-6-19-7-9-31-22(19)12-17/h1-7,9,12,18H,8,10-11,13-16H2,(H,25,28)/t18-/m1/s1. The second-order valence-electron chi connectivity index (χ2n) is 8.22. The molecule has 0 aliphatic carbocycles. The lowest BCUT2D eigenvalue weighted by Gasteiger charge is -2.31. The molecule has 7 nitrogen and oxygen atoms in total. The number of amides is 2. The van der Waals surface area contributed by atoms with E-state index in [0.29, 0.717) is 25.4 Å². The molecular formula is C24H25N3O4. The summed E-state index contributed by atoms with van der Waals surface area (Å²) in [5, 5.41) is 3.93. The maximum Gasteiger partial charge on any atom is 0.244 e. The molecule has 160 valence electrons. The van der Waals surface area contributed by atoms with E-state index in [1.54, 1.807) is 11.2 Å². The van der Waals surface area contributed by atoms with Gasteiger partial charge in [-0.05, 0) is 42.2 Å². The van der Waals surface area contributed by atoms with Gasteiger partial charge in [-0.2, -0.15) is 0 Å². The molecule has 2 aromatic carbocycles. The molecule has 3 aromatic rings. The molecule has 3 heterocycles. The lowest BCUT2D eigenvalue weighted by molar-refractivity contribution is -0.122. The number of nitrogens with zero attached hydrogens (tertiary/aromatic N) is 2. The highest BCUT2D eigenvalue weighted by atomic mass is 16.5. The van der Waals surface area contributed by atoms with Crippen molar-refractivity contribution in [3.63, 3.8) is 0 Å². The van der Waals surface area contributed by atoms with E-state index in [0.717, 1.165) is 29.6 Å². The molecule has 31 heavy (non-hydrogen) atoms. The summed E-state index contributed by atoms with van der Waals surface area (Å²) in [4.78, 5) is 28.9. The number of fused-ring (bicyclic) bond motifs is 2. The summed E-state index contributed by atoms with van der Waals surface area (Å²) in [5.74, 6) is 0.0389. The van der Waals surface area contributed by atoms with E-state index >= 15 is 0 Å². The number of carbonyl (C=O) groups is 2. The Balaban J connectivity index is 1.26. The van der Waals surface area contributed by atoms with Gasteiger partial charge in [-0.25, -0.2) is 0 Å². The molecular weight excluding hydrogens is 394 g/mol. The summed E-state index contributed by atoms with van der Waals surface area (Å²) in [6.45, 7) is 3.03. The Labute approximate surface area is 180 Å². The van der Waals surface area contributed by atoms with Crippen LogP contribution in [0.25, 0.3) is 11.0 Å². The lowest BCUT2D eigenvalue weighted by Crippen LogP contribution is -2.47. The first-order valence-corrected chi connectivity index (χ1v) is 10.6. The number of hydrogen-bond acceptors (Lipinski definition) is 5. The maximum absolute atomic E-state index is 13.1. The lowest BCUT2D eigenvalue weighted by atomic mass is 9.99. The molecule has 0 bridgehead atoms. The third-order valence-corrected chi connectivity index (χ3v) is 5.90. The first kappa shape index (κ1) is 19.8. The van der Waals surface area contributed by atoms with Crippen molar-refractivity contribution in [3.8, 4) is 0 Å². The fourth-order valence-electron chi connectivity index (χ4n) is 4.41. The molecule has 0 saturated carbocycles. The number of benzene rings is 2. The molecule has 0 radical (unpaired) electrons. The van der Waals surface area contributed by atoms with Gasteiger partial charge in [0.05, 0.1) is 37.4 Å². The minimum Gasteiger partial charge on any atom is -0.464 e. The van der Waals surface area contributed by atoms with Crippen molar-refractivity contribution in [3.05, 3.63) is 60.4 Å². The van der Waals surface area contributed by atoms with Gasteiger partial charge in [0.25, 0.3) is 0 Å². The van der Waals surface area contributed by atoms with E-state index in [1.807, 2.05) is 30.3 Å². The van der Waals surface area contributed by atoms with Crippen LogP contribution < -0.4 is 10.2 Å². The minimum absolute atomic E-state index is 0.0484. The number of nitrogens with one attached hydrogen (secondary N) is 1. The highest BCUT2D eigenvalue weighted by Crippen LogP contribution is 2.29. The first-order chi connectivity index (χ1) is 15.2. The van der Waals surface area contributed by atoms with Crippen molar-refractivity contribution in [2.75, 3.05) is 49.6 Å². The van der Waals surface area contributed by atoms with Gasteiger partial charge in [0.2, 0.25) is 11.8 Å². The van der Waals surface area contributed by atoms with Crippen molar-refractivity contribution < 1.29 is 18.7 Å². The summed E-state index contributed by atoms with van der Waals surface area (Å²) in [6, 6.07) is 15.7. The third kappa shape index (κ3) is 4.33. The van der Waals surface area contributed by atoms with Gasteiger partial charge in [0.15, 0.2) is 0 Å². The van der Waals surface area contributed by atoms with Crippen LogP contribution in [0.1, 0.15) is 5.56 Å². The predicted octanol–water partition coefficient (Wildman–Crippen LogP) is 2.91. The van der Waals surface area contributed by atoms with Crippen LogP contribution in [0.3, 0.4) is 0 Å². The van der Waals surface area contributed by atoms with E-state index in [9.17, 15) is 9.59 Å². The fraction of sp³-hybridized carbons (Fsp3) is 0.333. The Bertz CT molecular complexity index is 1110. The van der Waals surface area contributed by atoms with Crippen LogP contribution in [0.5, 0.6) is 0 Å². The van der Waals surface area contributed by atoms with Crippen LogP contribution in [0.2, 0.25) is 0 Å². The van der Waals surface area contributed by atoms with Crippen molar-refractivity contribution in [2.24, 2.45) is 5.92 Å². The normalized spacial score (nSPS) is 19.7. The van der Waals surface area contributed by atoms with Crippen LogP contribution in [0.4, 0.5) is 11.4 Å². The van der Waals surface area contributed by atoms with Gasteiger partial charge in [-0.15, -0.1) is 0 Å². The van der Waals surface area contributed by atoms with Crippen molar-refractivity contribution >= 4 is 34.2 Å². The maximum atomic E-state index is 13.1. The molecule has 1 atom stereocenters. The summed E-state index contributed by atoms with van der Waals surface area (Å²) < 4.78 is 11.4. The van der Waals surface area contributed by atoms with Crippen molar-refractivity contribution in [2.45, 2.75) is 6.42 Å². The number of para-hydroxylation sites is 2. The van der Waals surface area contributed by atoms with E-state index in [-0.39, 0.29) is 30.8 Å². The molecule has 0 unspecified atom stereocenters. The number of rotatable bonds is 4. The zero-order valence-corrected chi connectivity index (χ0v) is 17.3. The number of hydrogen-bond donors (Lipinski definition) is 1. The number of ether oxygens (including phenoxy) is 1. The third-order valence-electron chi connectivity index (χ3n) is 5.90. The average Bonchev–Trinajstić information content (AvgIpc) is 3.12. The Morgan fingerprint density at radius 2 is 2.06 bits per heavy atom. The van der Waals surface area contributed by atoms with Crippen LogP contribution in [-0.2, 0) is 20.7 Å². The van der Waals surface area contributed by atoms with Gasteiger partial charge in [0, 0.05) is 18.5 Å². The average molecular weight is 419 g/mol. The molecule has 1 aromatic heterocycles. The predicted molar refractivity (Wildman–Crippen MR) is 118 cm³/mol. The molecule has 5 rings (SSSR count). The number of carbonyl (C=O) groups excluding carboxylic acids is 2. The molecule has 1 N–H and O–H groups in total. The monoisotopic (exact) mass is 419 g/mol. The number of anilines is 2. The van der Waals surface area contributed by atoms with Crippen molar-refractivity contribution in [1.82, 2.24) is 4.90 Å². The minimum atomic E-state index is -0.169. The summed E-state index contributed by atoms with van der Waals surface area (Å²) in [7, 11) is 0. The highest BCUT2D eigenvalue weighted by Gasteiger charge is 2.29. The SMILES string of the molecule is O=C1CN(C(=O)CN2CCOC[C@H](Cc3ccc4ccoc4c3)C2)c2ccccc2N1. The smallest absolute Gasteiger partial charge is 0.244 e. The second-order valence-corrected chi connectivity index (χ2v) is 8.22. The highest BCUT2D eigenvalue weighted by molar-refractivity contribution is 6.10. The van der Waals surface area contributed by atoms with E-state index in [4.69, 9.17) is 9.15 Å². The van der Waals surface area contributed by atoms with Crippen molar-refractivity contribution in [1.29, 1.82) is 0 Å². The number of furan rings is 1. The molecule has 1 fully saturated rings. The first-order valence-electron chi connectivity index (χ1n) is 10.6. The quantitative estimate of drug-likeness (QED) is 0.704. The zero-order valence-electron chi connectivity index (χ0n) is 17.3. The van der Waals surface area contributed by atoms with E-state index in [1.165, 1.54) is 5.56 Å². The van der Waals surface area contributed by atoms with Gasteiger partial charge >= 0.3 is 0 Å². The molecule has 0 spiro atoms. The Hall–Kier alpha value is -3.16. The molecule has 1 saturated heterocycles. The fourth-order valence-corrected chi connectivity index (χ4v) is 4.41. The van der Waals surface area contributed by atoms with Crippen LogP contribution in [-0.4, -0.2) is 56.1 Å². The van der Waals surface area contributed by atoms with Crippen LogP contribution in [0, 0.1) is 5.92 Å². The molecule has 2 aliphatic heterocycles. The molecule has 2 amide bonds. The van der Waals surface area contributed by atoms with Gasteiger partial charge in [0.1, 0.15) is 12.1 Å². The molecule has 2 aliphatic rings. The Morgan fingerprint density at radius 1 is 1.16 bits per heavy atom. The summed E-state index contributed by atoms with van der Waals surface area (Å²) in [5.41, 5.74) is 3.52. The summed E-state index contributed by atoms with van der Waals surface area (Å²) >= 11 is 0. The van der Waals surface area contributed by atoms with E-state index < -0.39 is 0 Å². The zero-order chi connectivity index (χ0) is 21.2. The second kappa shape index (κ2) is 8.53. The van der Waals surface area contributed by atoms with Crippen LogP contribution >= 0.6 is 0 Å². The summed E-state index contributed by atoms with van der Waals surface area (Å²) in [6.07, 6.45) is 2.56. The van der Waals surface area contributed by atoms with Gasteiger partial charge in [-0.1, -0.05) is 24.3 Å². The van der Waals surface area contributed by atoms with Gasteiger partial charge < -0.3 is 14.5 Å². The Kier molecular flexibility index (Phi) is 5.44. The largest absolute Gasteiger partial charge is 0.464 e. The van der Waals surface area contributed by atoms with Crippen LogP contribution in [0.15, 0.2) is 59.2 Å². The van der Waals surface area contributed by atoms with E-state index in [2.05, 4.69) is 28.4 Å².